The van der Waals surface area contributed by atoms with Gasteiger partial charge in [0.15, 0.2) is 0 Å². The summed E-state index contributed by atoms with van der Waals surface area (Å²) in [4.78, 5) is 3.14. The maximum atomic E-state index is 8.61. The fraction of sp³-hybridized carbons (Fsp3) is 0.0909. The molecule has 0 radical (unpaired) electrons. The summed E-state index contributed by atoms with van der Waals surface area (Å²) in [6, 6.07) is 8.18. The van der Waals surface area contributed by atoms with Gasteiger partial charge in [-0.25, -0.2) is 0 Å². The van der Waals surface area contributed by atoms with Crippen LogP contribution >= 0.6 is 0 Å². The number of H-pyrrole nitrogens is 1. The van der Waals surface area contributed by atoms with Gasteiger partial charge in [0.1, 0.15) is 0 Å². The highest BCUT2D eigenvalue weighted by Crippen LogP contribution is 2.14. The second-order valence-electron chi connectivity index (χ2n) is 2.91. The number of hydrogen-bond donors (Lipinski definition) is 2. The molecular formula is C11H11NO. The number of aromatic nitrogens is 1. The molecule has 0 bridgehead atoms. The van der Waals surface area contributed by atoms with Gasteiger partial charge in [-0.3, -0.25) is 0 Å². The van der Waals surface area contributed by atoms with Gasteiger partial charge in [0.2, 0.25) is 0 Å². The second-order valence-corrected chi connectivity index (χ2v) is 2.91. The molecule has 1 heterocycles. The van der Waals surface area contributed by atoms with Crippen LogP contribution in [0.25, 0.3) is 17.0 Å². The first-order valence-corrected chi connectivity index (χ1v) is 4.25. The van der Waals surface area contributed by atoms with Gasteiger partial charge in [0.05, 0.1) is 6.61 Å². The third-order valence-corrected chi connectivity index (χ3v) is 1.99. The number of aliphatic hydroxyl groups is 1. The molecule has 0 saturated carbocycles. The van der Waals surface area contributed by atoms with E-state index in [0.717, 1.165) is 11.1 Å². The molecule has 0 aliphatic carbocycles. The molecule has 0 aliphatic rings. The van der Waals surface area contributed by atoms with Gasteiger partial charge in [-0.15, -0.1) is 0 Å². The van der Waals surface area contributed by atoms with E-state index >= 15 is 0 Å². The summed E-state index contributed by atoms with van der Waals surface area (Å²) in [7, 11) is 0. The predicted octanol–water partition coefficient (Wildman–Crippen LogP) is 2.17. The van der Waals surface area contributed by atoms with Gasteiger partial charge < -0.3 is 10.1 Å². The Labute approximate surface area is 76.5 Å². The van der Waals surface area contributed by atoms with Crippen molar-refractivity contribution in [1.82, 2.24) is 4.98 Å². The topological polar surface area (TPSA) is 36.0 Å². The van der Waals surface area contributed by atoms with Crippen LogP contribution in [0, 0.1) is 0 Å². The van der Waals surface area contributed by atoms with Gasteiger partial charge in [-0.1, -0.05) is 24.3 Å². The molecule has 0 saturated heterocycles. The molecule has 0 spiro atoms. The van der Waals surface area contributed by atoms with Crippen molar-refractivity contribution in [3.05, 3.63) is 42.1 Å². The molecule has 1 aromatic heterocycles. The lowest BCUT2D eigenvalue weighted by Crippen LogP contribution is -1.75. The molecule has 0 atom stereocenters. The van der Waals surface area contributed by atoms with Crippen LogP contribution in [0.4, 0.5) is 0 Å². The van der Waals surface area contributed by atoms with Crippen molar-refractivity contribution in [2.24, 2.45) is 0 Å². The molecule has 0 amide bonds. The van der Waals surface area contributed by atoms with Gasteiger partial charge in [-0.2, -0.15) is 0 Å². The van der Waals surface area contributed by atoms with Crippen LogP contribution in [0.2, 0.25) is 0 Å². The van der Waals surface area contributed by atoms with Crippen LogP contribution in [0.3, 0.4) is 0 Å². The van der Waals surface area contributed by atoms with E-state index in [1.165, 1.54) is 5.39 Å². The number of fused-ring (bicyclic) bond motifs is 1. The van der Waals surface area contributed by atoms with Crippen molar-refractivity contribution >= 4 is 17.0 Å². The molecule has 2 nitrogen and oxygen atoms in total. The van der Waals surface area contributed by atoms with Crippen LogP contribution in [0.15, 0.2) is 36.5 Å². The fourth-order valence-corrected chi connectivity index (χ4v) is 1.36. The fourth-order valence-electron chi connectivity index (χ4n) is 1.36. The van der Waals surface area contributed by atoms with E-state index in [1.807, 2.05) is 24.4 Å². The van der Waals surface area contributed by atoms with E-state index in [0.29, 0.717) is 0 Å². The largest absolute Gasteiger partial charge is 0.392 e. The number of benzene rings is 1. The van der Waals surface area contributed by atoms with Crippen LogP contribution in [-0.4, -0.2) is 16.7 Å². The van der Waals surface area contributed by atoms with Crippen molar-refractivity contribution in [2.75, 3.05) is 6.61 Å². The van der Waals surface area contributed by atoms with Gasteiger partial charge in [-0.05, 0) is 23.1 Å². The summed E-state index contributed by atoms with van der Waals surface area (Å²) >= 11 is 0. The normalized spacial score (nSPS) is 11.5. The van der Waals surface area contributed by atoms with E-state index in [2.05, 4.69) is 17.1 Å². The van der Waals surface area contributed by atoms with Crippen molar-refractivity contribution in [1.29, 1.82) is 0 Å². The smallest absolute Gasteiger partial charge is 0.0615 e. The lowest BCUT2D eigenvalue weighted by atomic mass is 10.1. The number of hydrogen-bond acceptors (Lipinski definition) is 1. The molecule has 66 valence electrons. The van der Waals surface area contributed by atoms with Crippen molar-refractivity contribution < 1.29 is 5.11 Å². The molecule has 2 rings (SSSR count). The lowest BCUT2D eigenvalue weighted by Gasteiger charge is -1.93. The Morgan fingerprint density at radius 3 is 3.08 bits per heavy atom. The maximum absolute atomic E-state index is 8.61. The Morgan fingerprint density at radius 1 is 1.31 bits per heavy atom. The molecular weight excluding hydrogens is 162 g/mol. The van der Waals surface area contributed by atoms with Crippen LogP contribution in [0.5, 0.6) is 0 Å². The molecule has 2 heteroatoms. The van der Waals surface area contributed by atoms with Crippen LogP contribution in [-0.2, 0) is 0 Å². The molecule has 0 unspecified atom stereocenters. The van der Waals surface area contributed by atoms with Crippen molar-refractivity contribution in [3.8, 4) is 0 Å². The lowest BCUT2D eigenvalue weighted by molar-refractivity contribution is 0.343. The SMILES string of the molecule is OCC=Cc1ccc2cc[nH]c2c1. The number of aromatic amines is 1. The van der Waals surface area contributed by atoms with E-state index in [4.69, 9.17) is 5.11 Å². The zero-order valence-electron chi connectivity index (χ0n) is 7.20. The van der Waals surface area contributed by atoms with E-state index < -0.39 is 0 Å². The number of aliphatic hydroxyl groups excluding tert-OH is 1. The minimum absolute atomic E-state index is 0.0861. The maximum Gasteiger partial charge on any atom is 0.0615 e. The predicted molar refractivity (Wildman–Crippen MR) is 54.4 cm³/mol. The summed E-state index contributed by atoms with van der Waals surface area (Å²) < 4.78 is 0. The first-order chi connectivity index (χ1) is 6.40. The van der Waals surface area contributed by atoms with Gasteiger partial charge in [0.25, 0.3) is 0 Å². The Balaban J connectivity index is 2.42. The summed E-state index contributed by atoms with van der Waals surface area (Å²) in [6.45, 7) is 0.0861. The molecule has 0 fully saturated rings. The van der Waals surface area contributed by atoms with E-state index in [-0.39, 0.29) is 6.61 Å². The summed E-state index contributed by atoms with van der Waals surface area (Å²) in [5, 5.41) is 9.82. The zero-order chi connectivity index (χ0) is 9.10. The Bertz CT molecular complexity index is 428. The van der Waals surface area contributed by atoms with Gasteiger partial charge in [0, 0.05) is 11.7 Å². The molecule has 13 heavy (non-hydrogen) atoms. The van der Waals surface area contributed by atoms with Crippen molar-refractivity contribution in [3.63, 3.8) is 0 Å². The first kappa shape index (κ1) is 8.08. The highest BCUT2D eigenvalue weighted by molar-refractivity contribution is 5.81. The Kier molecular flexibility index (Phi) is 2.15. The third kappa shape index (κ3) is 1.63. The van der Waals surface area contributed by atoms with E-state index in [1.54, 1.807) is 6.08 Å². The van der Waals surface area contributed by atoms with Gasteiger partial charge >= 0.3 is 0 Å². The molecule has 0 aliphatic heterocycles. The highest BCUT2D eigenvalue weighted by atomic mass is 16.2. The summed E-state index contributed by atoms with van der Waals surface area (Å²) in [5.74, 6) is 0. The third-order valence-electron chi connectivity index (χ3n) is 1.99. The number of rotatable bonds is 2. The minimum atomic E-state index is 0.0861. The van der Waals surface area contributed by atoms with E-state index in [9.17, 15) is 0 Å². The number of nitrogens with one attached hydrogen (secondary N) is 1. The van der Waals surface area contributed by atoms with Crippen LogP contribution in [0.1, 0.15) is 5.56 Å². The molecule has 1 aromatic carbocycles. The Morgan fingerprint density at radius 2 is 2.23 bits per heavy atom. The standard InChI is InChI=1S/C11H11NO/c13-7-1-2-9-3-4-10-5-6-12-11(10)8-9/h1-6,8,12-13H,7H2. The first-order valence-electron chi connectivity index (χ1n) is 4.25. The van der Waals surface area contributed by atoms with Crippen molar-refractivity contribution in [2.45, 2.75) is 0 Å². The average Bonchev–Trinajstić information content (AvgIpc) is 2.61. The quantitative estimate of drug-likeness (QED) is 0.717. The zero-order valence-corrected chi connectivity index (χ0v) is 7.20. The monoisotopic (exact) mass is 173 g/mol. The summed E-state index contributed by atoms with van der Waals surface area (Å²) in [6.07, 6.45) is 5.55. The second kappa shape index (κ2) is 3.46. The minimum Gasteiger partial charge on any atom is -0.392 e. The summed E-state index contributed by atoms with van der Waals surface area (Å²) in [5.41, 5.74) is 2.23. The molecule has 2 aromatic rings. The van der Waals surface area contributed by atoms with Crippen LogP contribution < -0.4 is 0 Å². The Hall–Kier alpha value is -1.54. The molecule has 2 N–H and O–H groups in total. The highest BCUT2D eigenvalue weighted by Gasteiger charge is 1.93. The average molecular weight is 173 g/mol.